The summed E-state index contributed by atoms with van der Waals surface area (Å²) in [5.41, 5.74) is 5.35. The van der Waals surface area contributed by atoms with Gasteiger partial charge in [0.15, 0.2) is 0 Å². The van der Waals surface area contributed by atoms with Crippen molar-refractivity contribution in [3.05, 3.63) is 83.6 Å². The lowest BCUT2D eigenvalue weighted by Crippen LogP contribution is -2.43. The first-order valence-electron chi connectivity index (χ1n) is 10.8. The number of hydrogen-bond acceptors (Lipinski definition) is 5. The summed E-state index contributed by atoms with van der Waals surface area (Å²) < 4.78 is 10.7. The molecule has 170 valence electrons. The third kappa shape index (κ3) is 4.67. The fourth-order valence-corrected chi connectivity index (χ4v) is 4.29. The second-order valence-electron chi connectivity index (χ2n) is 8.02. The van der Waals surface area contributed by atoms with Crippen LogP contribution in [0.1, 0.15) is 29.0 Å². The van der Waals surface area contributed by atoms with Crippen LogP contribution in [0.4, 0.5) is 4.79 Å². The highest BCUT2D eigenvalue weighted by Crippen LogP contribution is 2.44. The van der Waals surface area contributed by atoms with E-state index in [-0.39, 0.29) is 18.9 Å². The molecule has 4 rings (SSSR count). The number of ether oxygens (including phenoxy) is 2. The number of carboxylic acid groups (broad SMARTS) is 1. The summed E-state index contributed by atoms with van der Waals surface area (Å²) in [6, 6.07) is 18.7. The van der Waals surface area contributed by atoms with Gasteiger partial charge < -0.3 is 14.6 Å². The molecule has 1 aromatic heterocycles. The molecule has 1 heterocycles. The van der Waals surface area contributed by atoms with Crippen molar-refractivity contribution >= 4 is 12.1 Å². The summed E-state index contributed by atoms with van der Waals surface area (Å²) in [5, 5.41) is 9.71. The lowest BCUT2D eigenvalue weighted by atomic mass is 9.98. The SMILES string of the molecule is COc1ccc(CCC(C(=O)O)N(C)C(=O)OCC2c3ccccc3-c3ccccc32)cn1. The molecule has 0 saturated carbocycles. The van der Waals surface area contributed by atoms with Crippen molar-refractivity contribution in [2.75, 3.05) is 20.8 Å². The summed E-state index contributed by atoms with van der Waals surface area (Å²) in [4.78, 5) is 29.9. The number of carbonyl (C=O) groups is 2. The molecule has 1 N–H and O–H groups in total. The summed E-state index contributed by atoms with van der Waals surface area (Å²) in [7, 11) is 3.00. The average Bonchev–Trinajstić information content (AvgIpc) is 3.16. The Hall–Kier alpha value is -3.87. The molecule has 0 radical (unpaired) electrons. The van der Waals surface area contributed by atoms with Gasteiger partial charge in [-0.25, -0.2) is 14.6 Å². The van der Waals surface area contributed by atoms with Gasteiger partial charge in [-0.15, -0.1) is 0 Å². The number of nitrogens with zero attached hydrogens (tertiary/aromatic N) is 2. The van der Waals surface area contributed by atoms with Gasteiger partial charge in [0.2, 0.25) is 5.88 Å². The molecule has 0 bridgehead atoms. The van der Waals surface area contributed by atoms with Crippen molar-refractivity contribution in [3.8, 4) is 17.0 Å². The summed E-state index contributed by atoms with van der Waals surface area (Å²) in [5.74, 6) is -0.667. The number of aromatic nitrogens is 1. The largest absolute Gasteiger partial charge is 0.481 e. The number of aryl methyl sites for hydroxylation is 1. The maximum absolute atomic E-state index is 12.8. The Balaban J connectivity index is 1.41. The predicted octanol–water partition coefficient (Wildman–Crippen LogP) is 4.36. The van der Waals surface area contributed by atoms with Gasteiger partial charge in [-0.1, -0.05) is 54.6 Å². The van der Waals surface area contributed by atoms with Crippen LogP contribution in [0, 0.1) is 0 Å². The maximum atomic E-state index is 12.8. The van der Waals surface area contributed by atoms with Crippen molar-refractivity contribution in [2.24, 2.45) is 0 Å². The molecule has 0 fully saturated rings. The quantitative estimate of drug-likeness (QED) is 0.553. The normalized spacial score (nSPS) is 13.0. The van der Waals surface area contributed by atoms with Gasteiger partial charge in [-0.2, -0.15) is 0 Å². The number of rotatable bonds is 8. The minimum Gasteiger partial charge on any atom is -0.481 e. The molecule has 1 aliphatic rings. The van der Waals surface area contributed by atoms with Crippen LogP contribution in [0.3, 0.4) is 0 Å². The van der Waals surface area contributed by atoms with Gasteiger partial charge in [0.1, 0.15) is 12.6 Å². The number of benzene rings is 2. The van der Waals surface area contributed by atoms with E-state index in [1.54, 1.807) is 12.3 Å². The molecule has 1 amide bonds. The molecule has 0 saturated heterocycles. The molecule has 0 spiro atoms. The highest BCUT2D eigenvalue weighted by molar-refractivity contribution is 5.81. The van der Waals surface area contributed by atoms with Crippen LogP contribution < -0.4 is 4.74 Å². The zero-order valence-corrected chi connectivity index (χ0v) is 18.6. The van der Waals surface area contributed by atoms with Crippen molar-refractivity contribution in [1.29, 1.82) is 0 Å². The summed E-state index contributed by atoms with van der Waals surface area (Å²) >= 11 is 0. The highest BCUT2D eigenvalue weighted by atomic mass is 16.6. The van der Waals surface area contributed by atoms with Crippen molar-refractivity contribution in [3.63, 3.8) is 0 Å². The van der Waals surface area contributed by atoms with E-state index in [4.69, 9.17) is 9.47 Å². The monoisotopic (exact) mass is 446 g/mol. The molecule has 1 unspecified atom stereocenters. The van der Waals surface area contributed by atoms with Gasteiger partial charge in [0.05, 0.1) is 7.11 Å². The average molecular weight is 447 g/mol. The molecular formula is C26H26N2O5. The number of methoxy groups -OCH3 is 1. The molecule has 2 aromatic carbocycles. The minimum absolute atomic E-state index is 0.0802. The first-order chi connectivity index (χ1) is 16.0. The van der Waals surface area contributed by atoms with Crippen molar-refractivity contribution < 1.29 is 24.2 Å². The maximum Gasteiger partial charge on any atom is 0.410 e. The number of carbonyl (C=O) groups excluding carboxylic acids is 1. The first-order valence-corrected chi connectivity index (χ1v) is 10.8. The van der Waals surface area contributed by atoms with E-state index in [1.165, 1.54) is 14.2 Å². The lowest BCUT2D eigenvalue weighted by molar-refractivity contribution is -0.142. The zero-order chi connectivity index (χ0) is 23.4. The van der Waals surface area contributed by atoms with E-state index in [1.807, 2.05) is 42.5 Å². The van der Waals surface area contributed by atoms with Gasteiger partial charge in [-0.05, 0) is 40.7 Å². The second kappa shape index (κ2) is 9.73. The first kappa shape index (κ1) is 22.3. The van der Waals surface area contributed by atoms with Crippen LogP contribution in [-0.2, 0) is 16.0 Å². The van der Waals surface area contributed by atoms with Crippen LogP contribution in [0.25, 0.3) is 11.1 Å². The summed E-state index contributed by atoms with van der Waals surface area (Å²) in [6.07, 6.45) is 1.68. The van der Waals surface area contributed by atoms with Crippen LogP contribution >= 0.6 is 0 Å². The predicted molar refractivity (Wildman–Crippen MR) is 123 cm³/mol. The number of aliphatic carboxylic acids is 1. The van der Waals surface area contributed by atoms with Crippen LogP contribution in [0.2, 0.25) is 0 Å². The minimum atomic E-state index is -1.08. The van der Waals surface area contributed by atoms with E-state index in [0.717, 1.165) is 32.7 Å². The fourth-order valence-electron chi connectivity index (χ4n) is 4.29. The van der Waals surface area contributed by atoms with Crippen LogP contribution in [0.5, 0.6) is 5.88 Å². The number of hydrogen-bond donors (Lipinski definition) is 1. The van der Waals surface area contributed by atoms with E-state index in [2.05, 4.69) is 17.1 Å². The molecule has 33 heavy (non-hydrogen) atoms. The topological polar surface area (TPSA) is 89.0 Å². The Morgan fingerprint density at radius 1 is 1.03 bits per heavy atom. The second-order valence-corrected chi connectivity index (χ2v) is 8.02. The summed E-state index contributed by atoms with van der Waals surface area (Å²) in [6.45, 7) is 0.145. The van der Waals surface area contributed by atoms with Gasteiger partial charge in [0, 0.05) is 25.2 Å². The number of fused-ring (bicyclic) bond motifs is 3. The van der Waals surface area contributed by atoms with E-state index in [9.17, 15) is 14.7 Å². The Morgan fingerprint density at radius 3 is 2.21 bits per heavy atom. The lowest BCUT2D eigenvalue weighted by Gasteiger charge is -2.25. The number of likely N-dealkylation sites (N-methyl/N-ethyl adjacent to an activating group) is 1. The molecule has 7 nitrogen and oxygen atoms in total. The Labute approximate surface area is 192 Å². The zero-order valence-electron chi connectivity index (χ0n) is 18.6. The Kier molecular flexibility index (Phi) is 6.58. The third-order valence-electron chi connectivity index (χ3n) is 6.09. The number of carboxylic acids is 1. The molecule has 3 aromatic rings. The van der Waals surface area contributed by atoms with Gasteiger partial charge in [-0.3, -0.25) is 4.90 Å². The van der Waals surface area contributed by atoms with Crippen molar-refractivity contribution in [1.82, 2.24) is 9.88 Å². The Morgan fingerprint density at radius 2 is 1.67 bits per heavy atom. The van der Waals surface area contributed by atoms with Crippen LogP contribution in [-0.4, -0.2) is 53.9 Å². The molecule has 1 atom stereocenters. The van der Waals surface area contributed by atoms with E-state index >= 15 is 0 Å². The molecule has 1 aliphatic carbocycles. The van der Waals surface area contributed by atoms with Gasteiger partial charge >= 0.3 is 12.1 Å². The number of amides is 1. The van der Waals surface area contributed by atoms with Crippen LogP contribution in [0.15, 0.2) is 66.9 Å². The smallest absolute Gasteiger partial charge is 0.410 e. The molecule has 7 heteroatoms. The van der Waals surface area contributed by atoms with Crippen molar-refractivity contribution in [2.45, 2.75) is 24.8 Å². The molecule has 0 aliphatic heterocycles. The van der Waals surface area contributed by atoms with Gasteiger partial charge in [0.25, 0.3) is 0 Å². The highest BCUT2D eigenvalue weighted by Gasteiger charge is 2.31. The van der Waals surface area contributed by atoms with E-state index < -0.39 is 18.1 Å². The number of pyridine rings is 1. The van der Waals surface area contributed by atoms with E-state index in [0.29, 0.717) is 12.3 Å². The molecular weight excluding hydrogens is 420 g/mol. The standard InChI is InChI=1S/C26H26N2O5/c1-28(23(25(29)30)13-11-17-12-14-24(32-2)27-15-17)26(31)33-16-22-20-9-5-3-7-18(20)19-8-4-6-10-21(19)22/h3-10,12,14-15,22-23H,11,13,16H2,1-2H3,(H,29,30). The fraction of sp³-hybridized carbons (Fsp3) is 0.269. The third-order valence-corrected chi connectivity index (χ3v) is 6.09. The Bertz CT molecular complexity index is 1100.